The molecule has 0 spiro atoms. The van der Waals surface area contributed by atoms with Gasteiger partial charge in [0, 0.05) is 17.3 Å². The number of pyridine rings is 1. The molecule has 1 aromatic carbocycles. The number of hydrogen-bond acceptors (Lipinski definition) is 7. The Labute approximate surface area is 188 Å². The maximum atomic E-state index is 12.7. The summed E-state index contributed by atoms with van der Waals surface area (Å²) in [7, 11) is 0. The minimum atomic E-state index is -0.284. The zero-order valence-electron chi connectivity index (χ0n) is 17.6. The zero-order valence-corrected chi connectivity index (χ0v) is 18.4. The zero-order chi connectivity index (χ0) is 22.5. The van der Waals surface area contributed by atoms with Gasteiger partial charge in [0.2, 0.25) is 11.6 Å². The third-order valence-corrected chi connectivity index (χ3v) is 5.65. The lowest BCUT2D eigenvalue weighted by molar-refractivity contribution is -0.118. The second-order valence-electron chi connectivity index (χ2n) is 7.02. The number of anilines is 1. The maximum absolute atomic E-state index is 12.7. The summed E-state index contributed by atoms with van der Waals surface area (Å²) < 4.78 is 5.75. The number of amides is 2. The number of hydrogen-bond donors (Lipinski definition) is 2. The fraction of sp³-hybridized carbons (Fsp3) is 0.174. The molecule has 0 unspecified atom stereocenters. The van der Waals surface area contributed by atoms with E-state index in [-0.39, 0.29) is 17.6 Å². The molecule has 3 aromatic heterocycles. The molecule has 0 aliphatic heterocycles. The van der Waals surface area contributed by atoms with Crippen molar-refractivity contribution in [2.75, 3.05) is 11.1 Å². The third kappa shape index (κ3) is 4.94. The van der Waals surface area contributed by atoms with Gasteiger partial charge >= 0.3 is 0 Å². The van der Waals surface area contributed by atoms with Crippen LogP contribution in [0.3, 0.4) is 0 Å². The highest BCUT2D eigenvalue weighted by Gasteiger charge is 2.19. The summed E-state index contributed by atoms with van der Waals surface area (Å²) in [6.07, 6.45) is 1.68. The van der Waals surface area contributed by atoms with Gasteiger partial charge in [0.05, 0.1) is 23.4 Å². The average Bonchev–Trinajstić information content (AvgIpc) is 3.11. The van der Waals surface area contributed by atoms with E-state index in [1.165, 1.54) is 0 Å². The molecule has 8 nitrogen and oxygen atoms in total. The van der Waals surface area contributed by atoms with Crippen molar-refractivity contribution in [2.45, 2.75) is 25.5 Å². The minimum Gasteiger partial charge on any atom is -0.443 e. The highest BCUT2D eigenvalue weighted by atomic mass is 32.2. The predicted octanol–water partition coefficient (Wildman–Crippen LogP) is 3.90. The van der Waals surface area contributed by atoms with Crippen LogP contribution in [0.5, 0.6) is 0 Å². The first-order chi connectivity index (χ1) is 15.5. The topological polar surface area (TPSA) is 110 Å². The van der Waals surface area contributed by atoms with Gasteiger partial charge in [0.25, 0.3) is 5.91 Å². The van der Waals surface area contributed by atoms with Gasteiger partial charge in [-0.3, -0.25) is 14.6 Å². The molecule has 0 atom stereocenters. The first kappa shape index (κ1) is 21.5. The second-order valence-corrected chi connectivity index (χ2v) is 7.97. The largest absolute Gasteiger partial charge is 0.443 e. The van der Waals surface area contributed by atoms with Gasteiger partial charge in [-0.05, 0) is 38.1 Å². The van der Waals surface area contributed by atoms with Gasteiger partial charge in [-0.25, -0.2) is 4.98 Å². The van der Waals surface area contributed by atoms with Crippen LogP contribution in [0.1, 0.15) is 27.4 Å². The lowest BCUT2D eigenvalue weighted by Gasteiger charge is -2.08. The lowest BCUT2D eigenvalue weighted by atomic mass is 10.2. The van der Waals surface area contributed by atoms with Crippen LogP contribution >= 0.6 is 11.8 Å². The van der Waals surface area contributed by atoms with Gasteiger partial charge < -0.3 is 15.1 Å². The SMILES string of the molecule is Cc1oc2nc(SCC(=O)NCc3ccccn3)nc(NC(=O)c3ccccc3)c2c1C. The monoisotopic (exact) mass is 447 g/mol. The summed E-state index contributed by atoms with van der Waals surface area (Å²) in [5.74, 6) is 0.705. The average molecular weight is 448 g/mol. The Morgan fingerprint density at radius 1 is 1.03 bits per heavy atom. The Hall–Kier alpha value is -3.72. The van der Waals surface area contributed by atoms with Crippen molar-refractivity contribution in [1.29, 1.82) is 0 Å². The van der Waals surface area contributed by atoms with Crippen molar-refractivity contribution in [3.63, 3.8) is 0 Å². The van der Waals surface area contributed by atoms with E-state index in [4.69, 9.17) is 4.42 Å². The predicted molar refractivity (Wildman–Crippen MR) is 122 cm³/mol. The molecule has 2 N–H and O–H groups in total. The number of aromatic nitrogens is 3. The molecule has 0 aliphatic rings. The molecule has 4 rings (SSSR count). The summed E-state index contributed by atoms with van der Waals surface area (Å²) in [5, 5.41) is 6.66. The number of carbonyl (C=O) groups excluding carboxylic acids is 2. The normalized spacial score (nSPS) is 10.8. The fourth-order valence-electron chi connectivity index (χ4n) is 3.03. The molecule has 3 heterocycles. The molecule has 4 aromatic rings. The Morgan fingerprint density at radius 3 is 2.56 bits per heavy atom. The Morgan fingerprint density at radius 2 is 1.81 bits per heavy atom. The van der Waals surface area contributed by atoms with Crippen molar-refractivity contribution >= 4 is 40.5 Å². The molecule has 0 saturated heterocycles. The van der Waals surface area contributed by atoms with Crippen molar-refractivity contribution in [3.8, 4) is 0 Å². The van der Waals surface area contributed by atoms with E-state index in [0.717, 1.165) is 23.0 Å². The molecule has 0 fully saturated rings. The summed E-state index contributed by atoms with van der Waals surface area (Å²) in [6.45, 7) is 4.06. The van der Waals surface area contributed by atoms with Crippen LogP contribution in [0.25, 0.3) is 11.1 Å². The van der Waals surface area contributed by atoms with Crippen LogP contribution in [-0.2, 0) is 11.3 Å². The summed E-state index contributed by atoms with van der Waals surface area (Å²) in [5.41, 5.74) is 2.51. The molecule has 0 radical (unpaired) electrons. The minimum absolute atomic E-state index is 0.114. The number of nitrogens with one attached hydrogen (secondary N) is 2. The smallest absolute Gasteiger partial charge is 0.256 e. The van der Waals surface area contributed by atoms with E-state index in [9.17, 15) is 9.59 Å². The lowest BCUT2D eigenvalue weighted by Crippen LogP contribution is -2.25. The summed E-state index contributed by atoms with van der Waals surface area (Å²) in [4.78, 5) is 38.1. The molecule has 0 saturated carbocycles. The van der Waals surface area contributed by atoms with Crippen LogP contribution < -0.4 is 10.6 Å². The number of furan rings is 1. The van der Waals surface area contributed by atoms with Crippen molar-refractivity contribution in [3.05, 3.63) is 77.3 Å². The second kappa shape index (κ2) is 9.61. The van der Waals surface area contributed by atoms with Gasteiger partial charge in [0.1, 0.15) is 11.6 Å². The highest BCUT2D eigenvalue weighted by Crippen LogP contribution is 2.31. The quantitative estimate of drug-likeness (QED) is 0.327. The van der Waals surface area contributed by atoms with E-state index in [0.29, 0.717) is 39.9 Å². The van der Waals surface area contributed by atoms with E-state index in [1.54, 1.807) is 30.5 Å². The van der Waals surface area contributed by atoms with E-state index < -0.39 is 0 Å². The van der Waals surface area contributed by atoms with E-state index >= 15 is 0 Å². The molecular weight excluding hydrogens is 426 g/mol. The third-order valence-electron chi connectivity index (χ3n) is 4.80. The van der Waals surface area contributed by atoms with Crippen LogP contribution in [0.2, 0.25) is 0 Å². The number of benzene rings is 1. The number of carbonyl (C=O) groups is 2. The summed E-state index contributed by atoms with van der Waals surface area (Å²) in [6, 6.07) is 14.4. The number of aryl methyl sites for hydroxylation is 2. The van der Waals surface area contributed by atoms with Gasteiger partial charge in [-0.2, -0.15) is 4.98 Å². The number of rotatable bonds is 7. The van der Waals surface area contributed by atoms with E-state index in [1.807, 2.05) is 38.1 Å². The molecule has 0 bridgehead atoms. The maximum Gasteiger partial charge on any atom is 0.256 e. The van der Waals surface area contributed by atoms with Crippen LogP contribution in [0.15, 0.2) is 64.3 Å². The van der Waals surface area contributed by atoms with Crippen molar-refractivity contribution in [1.82, 2.24) is 20.3 Å². The molecule has 9 heteroatoms. The van der Waals surface area contributed by atoms with Crippen LogP contribution in [-0.4, -0.2) is 32.5 Å². The van der Waals surface area contributed by atoms with Crippen LogP contribution in [0.4, 0.5) is 5.82 Å². The molecule has 162 valence electrons. The molecule has 2 amide bonds. The first-order valence-corrected chi connectivity index (χ1v) is 10.9. The fourth-order valence-corrected chi connectivity index (χ4v) is 3.69. The molecular formula is C23H21N5O3S. The molecule has 32 heavy (non-hydrogen) atoms. The Balaban J connectivity index is 1.50. The standard InChI is InChI=1S/C23H21N5O3S/c1-14-15(2)31-22-19(14)20(26-21(30)16-8-4-3-5-9-16)27-23(28-22)32-13-18(29)25-12-17-10-6-7-11-24-17/h3-11H,12-13H2,1-2H3,(H,25,29)(H,26,27,28,30). The summed E-state index contributed by atoms with van der Waals surface area (Å²) >= 11 is 1.16. The van der Waals surface area contributed by atoms with Gasteiger partial charge in [-0.15, -0.1) is 0 Å². The van der Waals surface area contributed by atoms with E-state index in [2.05, 4.69) is 25.6 Å². The first-order valence-electron chi connectivity index (χ1n) is 9.95. The Kier molecular flexibility index (Phi) is 6.46. The molecule has 0 aliphatic carbocycles. The Bertz CT molecular complexity index is 1260. The number of thioether (sulfide) groups is 1. The van der Waals surface area contributed by atoms with Gasteiger partial charge in [-0.1, -0.05) is 36.0 Å². The van der Waals surface area contributed by atoms with Gasteiger partial charge in [0.15, 0.2) is 5.16 Å². The van der Waals surface area contributed by atoms with Crippen LogP contribution in [0, 0.1) is 13.8 Å². The number of fused-ring (bicyclic) bond motifs is 1. The van der Waals surface area contributed by atoms with Crippen molar-refractivity contribution < 1.29 is 14.0 Å². The highest BCUT2D eigenvalue weighted by molar-refractivity contribution is 7.99. The number of nitrogens with zero attached hydrogens (tertiary/aromatic N) is 3. The van der Waals surface area contributed by atoms with Crippen molar-refractivity contribution in [2.24, 2.45) is 0 Å².